The molecule has 0 radical (unpaired) electrons. The Morgan fingerprint density at radius 2 is 1.79 bits per heavy atom. The Morgan fingerprint density at radius 3 is 2.55 bits per heavy atom. The first kappa shape index (κ1) is 23.2. The summed E-state index contributed by atoms with van der Waals surface area (Å²) in [4.78, 5) is 28.8. The fraction of sp³-hybridized carbons (Fsp3) is 0.333. The number of nitrogens with one attached hydrogen (secondary N) is 3. The molecule has 0 spiro atoms. The molecule has 33 heavy (non-hydrogen) atoms. The van der Waals surface area contributed by atoms with Crippen LogP contribution in [0.2, 0.25) is 0 Å². The first-order chi connectivity index (χ1) is 15.9. The van der Waals surface area contributed by atoms with Gasteiger partial charge in [-0.25, -0.2) is 13.1 Å². The van der Waals surface area contributed by atoms with Gasteiger partial charge in [0, 0.05) is 50.2 Å². The van der Waals surface area contributed by atoms with Crippen molar-refractivity contribution in [3.05, 3.63) is 76.6 Å². The van der Waals surface area contributed by atoms with Gasteiger partial charge in [-0.3, -0.25) is 14.5 Å². The van der Waals surface area contributed by atoms with Crippen molar-refractivity contribution < 1.29 is 13.2 Å². The predicted molar refractivity (Wildman–Crippen MR) is 127 cm³/mol. The smallest absolute Gasteiger partial charge is 0.248 e. The van der Waals surface area contributed by atoms with Crippen molar-refractivity contribution in [1.82, 2.24) is 19.9 Å². The maximum atomic E-state index is 12.6. The Labute approximate surface area is 193 Å². The number of pyridine rings is 1. The van der Waals surface area contributed by atoms with Gasteiger partial charge in [-0.15, -0.1) is 0 Å². The largest absolute Gasteiger partial charge is 0.353 e. The highest BCUT2D eigenvalue weighted by molar-refractivity contribution is 7.89. The highest BCUT2D eigenvalue weighted by Gasteiger charge is 2.21. The number of fused-ring (bicyclic) bond motifs is 1. The molecule has 3 aromatic rings. The number of benzene rings is 2. The third-order valence-electron chi connectivity index (χ3n) is 5.85. The number of carbonyl (C=O) groups is 1. The van der Waals surface area contributed by atoms with E-state index in [4.69, 9.17) is 0 Å². The van der Waals surface area contributed by atoms with Crippen LogP contribution in [0.4, 0.5) is 0 Å². The second-order valence-corrected chi connectivity index (χ2v) is 10.1. The summed E-state index contributed by atoms with van der Waals surface area (Å²) in [6, 6.07) is 17.9. The van der Waals surface area contributed by atoms with Crippen LogP contribution < -0.4 is 15.6 Å². The molecule has 174 valence electrons. The number of nitrogens with zero attached hydrogens (tertiary/aromatic N) is 1. The Kier molecular flexibility index (Phi) is 7.22. The van der Waals surface area contributed by atoms with Crippen molar-refractivity contribution in [3.63, 3.8) is 0 Å². The molecule has 9 heteroatoms. The average Bonchev–Trinajstić information content (AvgIpc) is 2.80. The van der Waals surface area contributed by atoms with Gasteiger partial charge in [0.25, 0.3) is 0 Å². The number of H-pyrrole nitrogens is 1. The molecule has 1 fully saturated rings. The number of likely N-dealkylation sites (tertiary alicyclic amines) is 1. The third-order valence-corrected chi connectivity index (χ3v) is 7.31. The molecule has 2 aromatic carbocycles. The Bertz CT molecular complexity index is 1270. The van der Waals surface area contributed by atoms with Crippen molar-refractivity contribution in [2.75, 3.05) is 19.6 Å². The van der Waals surface area contributed by atoms with Crippen LogP contribution in [0.5, 0.6) is 0 Å². The second-order valence-electron chi connectivity index (χ2n) is 8.32. The maximum absolute atomic E-state index is 12.6. The van der Waals surface area contributed by atoms with Crippen LogP contribution in [0.1, 0.15) is 24.8 Å². The van der Waals surface area contributed by atoms with Crippen molar-refractivity contribution in [2.45, 2.75) is 36.7 Å². The minimum absolute atomic E-state index is 0.0185. The molecule has 1 aliphatic heterocycles. The lowest BCUT2D eigenvalue weighted by atomic mass is 10.0. The lowest BCUT2D eigenvalue weighted by Gasteiger charge is -2.32. The van der Waals surface area contributed by atoms with Gasteiger partial charge in [-0.05, 0) is 48.1 Å². The molecule has 1 amide bonds. The number of aromatic nitrogens is 1. The molecule has 0 saturated carbocycles. The summed E-state index contributed by atoms with van der Waals surface area (Å²) >= 11 is 0. The van der Waals surface area contributed by atoms with Crippen LogP contribution in [0.15, 0.2) is 70.4 Å². The summed E-state index contributed by atoms with van der Waals surface area (Å²) in [6.45, 7) is 2.76. The summed E-state index contributed by atoms with van der Waals surface area (Å²) in [6.07, 6.45) is 1.83. The van der Waals surface area contributed by atoms with E-state index in [0.29, 0.717) is 10.9 Å². The first-order valence-electron chi connectivity index (χ1n) is 11.1. The van der Waals surface area contributed by atoms with Gasteiger partial charge >= 0.3 is 0 Å². The number of aromatic amines is 1. The summed E-state index contributed by atoms with van der Waals surface area (Å²) in [5.74, 6) is -0.157. The van der Waals surface area contributed by atoms with Crippen LogP contribution in [0.3, 0.4) is 0 Å². The number of carbonyl (C=O) groups excluding carboxylic acids is 1. The SMILES string of the molecule is O=C(CCNS(=O)(=O)c1ccc2[nH]c(=O)ccc2c1)NC1CCN(Cc2ccccc2)CC1. The summed E-state index contributed by atoms with van der Waals surface area (Å²) < 4.78 is 27.6. The predicted octanol–water partition coefficient (Wildman–Crippen LogP) is 1.98. The van der Waals surface area contributed by atoms with Gasteiger partial charge < -0.3 is 10.3 Å². The van der Waals surface area contributed by atoms with E-state index < -0.39 is 10.0 Å². The monoisotopic (exact) mass is 468 g/mol. The molecule has 0 bridgehead atoms. The fourth-order valence-electron chi connectivity index (χ4n) is 4.06. The zero-order valence-electron chi connectivity index (χ0n) is 18.3. The normalized spacial score (nSPS) is 15.5. The summed E-state index contributed by atoms with van der Waals surface area (Å²) in [5.41, 5.74) is 1.60. The van der Waals surface area contributed by atoms with Crippen LogP contribution in [-0.2, 0) is 21.4 Å². The number of sulfonamides is 1. The van der Waals surface area contributed by atoms with Gasteiger partial charge in [0.05, 0.1) is 4.90 Å². The molecule has 8 nitrogen and oxygen atoms in total. The van der Waals surface area contributed by atoms with E-state index in [1.807, 2.05) is 18.2 Å². The van der Waals surface area contributed by atoms with E-state index in [9.17, 15) is 18.0 Å². The first-order valence-corrected chi connectivity index (χ1v) is 12.6. The molecule has 1 aliphatic rings. The van der Waals surface area contributed by atoms with Crippen molar-refractivity contribution in [2.24, 2.45) is 0 Å². The lowest BCUT2D eigenvalue weighted by Crippen LogP contribution is -2.45. The minimum atomic E-state index is -3.76. The second kappa shape index (κ2) is 10.3. The number of hydrogen-bond acceptors (Lipinski definition) is 5. The van der Waals surface area contributed by atoms with Crippen LogP contribution in [-0.4, -0.2) is 49.9 Å². The zero-order valence-corrected chi connectivity index (χ0v) is 19.1. The zero-order chi connectivity index (χ0) is 23.3. The number of amides is 1. The molecule has 1 aromatic heterocycles. The molecule has 3 N–H and O–H groups in total. The van der Waals surface area contributed by atoms with Gasteiger partial charge in [0.15, 0.2) is 0 Å². The Morgan fingerprint density at radius 1 is 1.03 bits per heavy atom. The highest BCUT2D eigenvalue weighted by Crippen LogP contribution is 2.17. The topological polar surface area (TPSA) is 111 Å². The Balaban J connectivity index is 1.21. The van der Waals surface area contributed by atoms with Gasteiger partial charge in [-0.1, -0.05) is 30.3 Å². The quantitative estimate of drug-likeness (QED) is 0.468. The fourth-order valence-corrected chi connectivity index (χ4v) is 5.13. The molecule has 2 heterocycles. The van der Waals surface area contributed by atoms with E-state index in [1.165, 1.54) is 23.8 Å². The third kappa shape index (κ3) is 6.28. The van der Waals surface area contributed by atoms with Gasteiger partial charge in [0.1, 0.15) is 0 Å². The van der Waals surface area contributed by atoms with Gasteiger partial charge in [-0.2, -0.15) is 0 Å². The lowest BCUT2D eigenvalue weighted by molar-refractivity contribution is -0.121. The summed E-state index contributed by atoms with van der Waals surface area (Å²) in [5, 5.41) is 3.64. The molecule has 1 saturated heterocycles. The maximum Gasteiger partial charge on any atom is 0.248 e. The molecule has 0 unspecified atom stereocenters. The van der Waals surface area contributed by atoms with E-state index in [1.54, 1.807) is 12.1 Å². The minimum Gasteiger partial charge on any atom is -0.353 e. The Hall–Kier alpha value is -3.01. The van der Waals surface area contributed by atoms with Crippen molar-refractivity contribution >= 4 is 26.8 Å². The summed E-state index contributed by atoms with van der Waals surface area (Å²) in [7, 11) is -3.76. The number of hydrogen-bond donors (Lipinski definition) is 3. The molecular weight excluding hydrogens is 440 g/mol. The van der Waals surface area contributed by atoms with Gasteiger partial charge in [0.2, 0.25) is 21.5 Å². The molecular formula is C24H28N4O4S. The van der Waals surface area contributed by atoms with E-state index >= 15 is 0 Å². The van der Waals surface area contributed by atoms with Crippen LogP contribution in [0, 0.1) is 0 Å². The van der Waals surface area contributed by atoms with E-state index in [-0.39, 0.29) is 35.4 Å². The number of rotatable bonds is 8. The van der Waals surface area contributed by atoms with E-state index in [2.05, 4.69) is 32.1 Å². The average molecular weight is 469 g/mol. The molecule has 4 rings (SSSR count). The van der Waals surface area contributed by atoms with E-state index in [0.717, 1.165) is 32.5 Å². The van der Waals surface area contributed by atoms with Crippen LogP contribution in [0.25, 0.3) is 10.9 Å². The number of piperidine rings is 1. The molecule has 0 atom stereocenters. The van der Waals surface area contributed by atoms with Crippen LogP contribution >= 0.6 is 0 Å². The highest BCUT2D eigenvalue weighted by atomic mass is 32.2. The van der Waals surface area contributed by atoms with Crippen molar-refractivity contribution in [1.29, 1.82) is 0 Å². The molecule has 0 aliphatic carbocycles. The standard InChI is InChI=1S/C24H28N4O4S/c29-23-9-6-19-16-21(7-8-22(19)27-23)33(31,32)25-13-10-24(30)26-20-11-14-28(15-12-20)17-18-4-2-1-3-5-18/h1-9,16,20,25H,10-15,17H2,(H,26,30)(H,27,29). The van der Waals surface area contributed by atoms with Crippen molar-refractivity contribution in [3.8, 4) is 0 Å².